The first-order valence-corrected chi connectivity index (χ1v) is 7.44. The minimum atomic E-state index is -0.198. The van der Waals surface area contributed by atoms with Crippen LogP contribution in [0.4, 0.5) is 0 Å². The summed E-state index contributed by atoms with van der Waals surface area (Å²) >= 11 is 3.63. The molecule has 0 bridgehead atoms. The highest BCUT2D eigenvalue weighted by molar-refractivity contribution is 9.10. The molecule has 0 radical (unpaired) electrons. The second-order valence-corrected chi connectivity index (χ2v) is 5.98. The van der Waals surface area contributed by atoms with Crippen LogP contribution in [0.3, 0.4) is 0 Å². The Kier molecular flexibility index (Phi) is 4.45. The minimum Gasteiger partial charge on any atom is -0.393 e. The second-order valence-electron chi connectivity index (χ2n) is 5.19. The van der Waals surface area contributed by atoms with Gasteiger partial charge in [-0.05, 0) is 55.6 Å². The summed E-state index contributed by atoms with van der Waals surface area (Å²) in [5.41, 5.74) is 2.30. The average Bonchev–Trinajstić information content (AvgIpc) is 2.89. The van der Waals surface area contributed by atoms with Crippen molar-refractivity contribution in [2.75, 3.05) is 13.1 Å². The molecule has 2 heterocycles. The molecule has 0 aromatic carbocycles. The molecule has 102 valence electrons. The Morgan fingerprint density at radius 1 is 1.56 bits per heavy atom. The second kappa shape index (κ2) is 5.72. The molecule has 2 rings (SSSR count). The Balaban J connectivity index is 2.06. The number of nitrogens with zero attached hydrogens (tertiary/aromatic N) is 3. The maximum atomic E-state index is 9.64. The fraction of sp³-hybridized carbons (Fsp3) is 0.769. The van der Waals surface area contributed by atoms with Gasteiger partial charge in [0.1, 0.15) is 0 Å². The average molecular weight is 316 g/mol. The standard InChI is InChI=1S/C13H22BrN3O/c1-4-17-12(13(14)9(2)15-17)8-16-6-5-11(7-16)10(3)18/h10-11,18H,4-8H2,1-3H3. The quantitative estimate of drug-likeness (QED) is 0.926. The molecule has 1 aromatic heterocycles. The zero-order chi connectivity index (χ0) is 13.3. The van der Waals surface area contributed by atoms with Gasteiger partial charge in [0, 0.05) is 19.6 Å². The van der Waals surface area contributed by atoms with Gasteiger partial charge in [0.2, 0.25) is 0 Å². The van der Waals surface area contributed by atoms with Crippen molar-refractivity contribution in [3.8, 4) is 0 Å². The number of aliphatic hydroxyl groups is 1. The van der Waals surface area contributed by atoms with Crippen LogP contribution in [0, 0.1) is 12.8 Å². The molecule has 18 heavy (non-hydrogen) atoms. The Morgan fingerprint density at radius 2 is 2.28 bits per heavy atom. The lowest BCUT2D eigenvalue weighted by Crippen LogP contribution is -2.25. The van der Waals surface area contributed by atoms with Gasteiger partial charge in [0.05, 0.1) is 22.0 Å². The topological polar surface area (TPSA) is 41.3 Å². The first-order chi connectivity index (χ1) is 8.52. The number of aliphatic hydroxyl groups excluding tert-OH is 1. The molecular formula is C13H22BrN3O. The van der Waals surface area contributed by atoms with E-state index in [9.17, 15) is 5.11 Å². The van der Waals surface area contributed by atoms with Crippen LogP contribution in [0.25, 0.3) is 0 Å². The third-order valence-electron chi connectivity index (χ3n) is 3.82. The van der Waals surface area contributed by atoms with Crippen LogP contribution in [-0.2, 0) is 13.1 Å². The highest BCUT2D eigenvalue weighted by atomic mass is 79.9. The minimum absolute atomic E-state index is 0.198. The monoisotopic (exact) mass is 315 g/mol. The third kappa shape index (κ3) is 2.78. The molecule has 1 aliphatic rings. The van der Waals surface area contributed by atoms with Gasteiger partial charge in [-0.25, -0.2) is 0 Å². The van der Waals surface area contributed by atoms with Crippen molar-refractivity contribution in [1.82, 2.24) is 14.7 Å². The number of hydrogen-bond acceptors (Lipinski definition) is 3. The number of aromatic nitrogens is 2. The molecule has 5 heteroatoms. The van der Waals surface area contributed by atoms with Gasteiger partial charge in [-0.3, -0.25) is 9.58 Å². The Morgan fingerprint density at radius 3 is 2.83 bits per heavy atom. The summed E-state index contributed by atoms with van der Waals surface area (Å²) in [4.78, 5) is 2.41. The smallest absolute Gasteiger partial charge is 0.0739 e. The van der Waals surface area contributed by atoms with Gasteiger partial charge < -0.3 is 5.11 Å². The lowest BCUT2D eigenvalue weighted by atomic mass is 10.0. The zero-order valence-electron chi connectivity index (χ0n) is 11.4. The first-order valence-electron chi connectivity index (χ1n) is 6.65. The molecule has 1 fully saturated rings. The molecule has 1 aliphatic heterocycles. The molecule has 0 saturated carbocycles. The molecule has 0 amide bonds. The van der Waals surface area contributed by atoms with Crippen molar-refractivity contribution in [2.45, 2.75) is 46.4 Å². The van der Waals surface area contributed by atoms with Crippen LogP contribution in [0.1, 0.15) is 31.7 Å². The number of likely N-dealkylation sites (tertiary alicyclic amines) is 1. The summed E-state index contributed by atoms with van der Waals surface area (Å²) in [6.07, 6.45) is 0.894. The van der Waals surface area contributed by atoms with E-state index in [0.29, 0.717) is 5.92 Å². The van der Waals surface area contributed by atoms with Crippen molar-refractivity contribution in [2.24, 2.45) is 5.92 Å². The van der Waals surface area contributed by atoms with Crippen molar-refractivity contribution < 1.29 is 5.11 Å². The lowest BCUT2D eigenvalue weighted by molar-refractivity contribution is 0.127. The van der Waals surface area contributed by atoms with E-state index < -0.39 is 0 Å². The van der Waals surface area contributed by atoms with Crippen LogP contribution in [-0.4, -0.2) is 39.0 Å². The van der Waals surface area contributed by atoms with Gasteiger partial charge >= 0.3 is 0 Å². The molecule has 0 aliphatic carbocycles. The summed E-state index contributed by atoms with van der Waals surface area (Å²) in [6, 6.07) is 0. The number of halogens is 1. The summed E-state index contributed by atoms with van der Waals surface area (Å²) < 4.78 is 3.19. The van der Waals surface area contributed by atoms with Gasteiger partial charge in [-0.15, -0.1) is 0 Å². The molecule has 1 aromatic rings. The number of aryl methyl sites for hydroxylation is 2. The lowest BCUT2D eigenvalue weighted by Gasteiger charge is -2.18. The predicted molar refractivity (Wildman–Crippen MR) is 75.4 cm³/mol. The summed E-state index contributed by atoms with van der Waals surface area (Å²) in [5, 5.41) is 14.2. The predicted octanol–water partition coefficient (Wildman–Crippen LogP) is 2.18. The largest absolute Gasteiger partial charge is 0.393 e. The number of hydrogen-bond donors (Lipinski definition) is 1. The van der Waals surface area contributed by atoms with E-state index in [0.717, 1.165) is 42.8 Å². The van der Waals surface area contributed by atoms with E-state index in [2.05, 4.69) is 37.5 Å². The molecule has 1 N–H and O–H groups in total. The van der Waals surface area contributed by atoms with Gasteiger partial charge in [0.15, 0.2) is 0 Å². The Bertz CT molecular complexity index is 417. The van der Waals surface area contributed by atoms with Crippen molar-refractivity contribution in [3.63, 3.8) is 0 Å². The maximum absolute atomic E-state index is 9.64. The first kappa shape index (κ1) is 14.0. The van der Waals surface area contributed by atoms with Crippen LogP contribution < -0.4 is 0 Å². The Labute approximate surface area is 117 Å². The van der Waals surface area contributed by atoms with Gasteiger partial charge in [-0.1, -0.05) is 0 Å². The van der Waals surface area contributed by atoms with Crippen LogP contribution in [0.5, 0.6) is 0 Å². The molecule has 4 nitrogen and oxygen atoms in total. The fourth-order valence-corrected chi connectivity index (χ4v) is 3.04. The van der Waals surface area contributed by atoms with Crippen LogP contribution in [0.2, 0.25) is 0 Å². The summed E-state index contributed by atoms with van der Waals surface area (Å²) in [5.74, 6) is 0.419. The summed E-state index contributed by atoms with van der Waals surface area (Å²) in [7, 11) is 0. The van der Waals surface area contributed by atoms with Crippen molar-refractivity contribution in [1.29, 1.82) is 0 Å². The zero-order valence-corrected chi connectivity index (χ0v) is 12.9. The third-order valence-corrected chi connectivity index (χ3v) is 4.85. The highest BCUT2D eigenvalue weighted by Gasteiger charge is 2.27. The van der Waals surface area contributed by atoms with E-state index >= 15 is 0 Å². The van der Waals surface area contributed by atoms with Crippen molar-refractivity contribution >= 4 is 15.9 Å². The Hall–Kier alpha value is -0.390. The van der Waals surface area contributed by atoms with Crippen LogP contribution in [0.15, 0.2) is 4.47 Å². The maximum Gasteiger partial charge on any atom is 0.0739 e. The molecule has 1 saturated heterocycles. The van der Waals surface area contributed by atoms with E-state index in [1.165, 1.54) is 5.69 Å². The van der Waals surface area contributed by atoms with E-state index in [1.54, 1.807) is 0 Å². The van der Waals surface area contributed by atoms with Gasteiger partial charge in [0.25, 0.3) is 0 Å². The molecule has 2 atom stereocenters. The molecule has 0 spiro atoms. The molecule has 2 unspecified atom stereocenters. The number of rotatable bonds is 4. The normalized spacial score (nSPS) is 22.6. The fourth-order valence-electron chi connectivity index (χ4n) is 2.63. The van der Waals surface area contributed by atoms with E-state index in [1.807, 2.05) is 13.8 Å². The SMILES string of the molecule is CCn1nc(C)c(Br)c1CN1CCC(C(C)O)C1. The highest BCUT2D eigenvalue weighted by Crippen LogP contribution is 2.26. The van der Waals surface area contributed by atoms with E-state index in [-0.39, 0.29) is 6.10 Å². The van der Waals surface area contributed by atoms with Crippen molar-refractivity contribution in [3.05, 3.63) is 15.9 Å². The van der Waals surface area contributed by atoms with E-state index in [4.69, 9.17) is 0 Å². The summed E-state index contributed by atoms with van der Waals surface area (Å²) in [6.45, 7) is 9.90. The molecular weight excluding hydrogens is 294 g/mol. The van der Waals surface area contributed by atoms with Gasteiger partial charge in [-0.2, -0.15) is 5.10 Å². The van der Waals surface area contributed by atoms with Crippen LogP contribution >= 0.6 is 15.9 Å².